The van der Waals surface area contributed by atoms with Gasteiger partial charge in [-0.05, 0) is 23.8 Å². The largest absolute Gasteiger partial charge is 0.289 e. The molecular formula is C11H9ClN4O. The number of rotatable bonds is 3. The van der Waals surface area contributed by atoms with Crippen molar-refractivity contribution >= 4 is 23.7 Å². The molecule has 0 radical (unpaired) electrons. The maximum atomic E-state index is 11.4. The van der Waals surface area contributed by atoms with E-state index in [4.69, 9.17) is 11.6 Å². The molecule has 0 unspecified atom stereocenters. The summed E-state index contributed by atoms with van der Waals surface area (Å²) in [6.07, 6.45) is 3.03. The average molecular weight is 249 g/mol. The summed E-state index contributed by atoms with van der Waals surface area (Å²) in [7, 11) is 0. The minimum atomic E-state index is -0.340. The van der Waals surface area contributed by atoms with E-state index in [2.05, 4.69) is 20.7 Å². The van der Waals surface area contributed by atoms with E-state index in [9.17, 15) is 4.79 Å². The fourth-order valence-electron chi connectivity index (χ4n) is 1.16. The Bertz CT molecular complexity index is 519. The molecule has 0 saturated carbocycles. The molecule has 1 amide bonds. The quantitative estimate of drug-likeness (QED) is 0.643. The van der Waals surface area contributed by atoms with Crippen LogP contribution in [0, 0.1) is 0 Å². The first-order valence-corrected chi connectivity index (χ1v) is 5.22. The van der Waals surface area contributed by atoms with Crippen LogP contribution >= 0.6 is 11.6 Å². The van der Waals surface area contributed by atoms with Gasteiger partial charge in [0.25, 0.3) is 5.91 Å². The third kappa shape index (κ3) is 3.15. The summed E-state index contributed by atoms with van der Waals surface area (Å²) in [5.74, 6) is -0.340. The molecule has 2 aromatic rings. The molecule has 0 spiro atoms. The van der Waals surface area contributed by atoms with Crippen LogP contribution in [0.1, 0.15) is 16.1 Å². The molecule has 0 saturated heterocycles. The lowest BCUT2D eigenvalue weighted by atomic mass is 10.2. The summed E-state index contributed by atoms with van der Waals surface area (Å²) in [4.78, 5) is 11.4. The van der Waals surface area contributed by atoms with E-state index in [1.165, 1.54) is 12.4 Å². The second-order valence-corrected chi connectivity index (χ2v) is 3.66. The standard InChI is InChI=1S/C11H9ClN4O/c12-9-3-1-8(2-4-9)7-14-16-11(17)10-5-6-13-15-10/h1-7H,(H,13,15)(H,16,17)/b14-7-. The molecule has 0 bridgehead atoms. The van der Waals surface area contributed by atoms with Crippen molar-refractivity contribution in [3.05, 3.63) is 52.8 Å². The van der Waals surface area contributed by atoms with Gasteiger partial charge in [0.05, 0.1) is 6.21 Å². The summed E-state index contributed by atoms with van der Waals surface area (Å²) in [5.41, 5.74) is 3.58. The third-order valence-corrected chi connectivity index (χ3v) is 2.25. The molecule has 0 atom stereocenters. The smallest absolute Gasteiger partial charge is 0.273 e. The van der Waals surface area contributed by atoms with Gasteiger partial charge in [0.2, 0.25) is 0 Å². The Morgan fingerprint density at radius 1 is 1.35 bits per heavy atom. The van der Waals surface area contributed by atoms with Crippen LogP contribution < -0.4 is 5.43 Å². The van der Waals surface area contributed by atoms with Crippen molar-refractivity contribution in [2.75, 3.05) is 0 Å². The lowest BCUT2D eigenvalue weighted by Gasteiger charge is -1.96. The highest BCUT2D eigenvalue weighted by Gasteiger charge is 2.03. The Kier molecular flexibility index (Phi) is 3.52. The molecule has 5 nitrogen and oxygen atoms in total. The zero-order chi connectivity index (χ0) is 12.1. The normalized spacial score (nSPS) is 10.6. The van der Waals surface area contributed by atoms with Crippen LogP contribution in [0.15, 0.2) is 41.6 Å². The van der Waals surface area contributed by atoms with Crippen LogP contribution in [0.5, 0.6) is 0 Å². The Morgan fingerprint density at radius 2 is 2.12 bits per heavy atom. The van der Waals surface area contributed by atoms with Crippen LogP contribution in [0.25, 0.3) is 0 Å². The van der Waals surface area contributed by atoms with Crippen LogP contribution in [0.3, 0.4) is 0 Å². The van der Waals surface area contributed by atoms with Gasteiger partial charge in [0.1, 0.15) is 5.69 Å². The minimum Gasteiger partial charge on any atom is -0.273 e. The highest BCUT2D eigenvalue weighted by molar-refractivity contribution is 6.30. The molecule has 0 aliphatic carbocycles. The fraction of sp³-hybridized carbons (Fsp3) is 0. The number of hydrogen-bond acceptors (Lipinski definition) is 3. The fourth-order valence-corrected chi connectivity index (χ4v) is 1.28. The number of benzene rings is 1. The summed E-state index contributed by atoms with van der Waals surface area (Å²) < 4.78 is 0. The lowest BCUT2D eigenvalue weighted by molar-refractivity contribution is 0.0950. The van der Waals surface area contributed by atoms with E-state index in [0.29, 0.717) is 10.7 Å². The molecule has 17 heavy (non-hydrogen) atoms. The summed E-state index contributed by atoms with van der Waals surface area (Å²) >= 11 is 5.74. The maximum absolute atomic E-state index is 11.4. The Labute approximate surface area is 102 Å². The van der Waals surface area contributed by atoms with E-state index >= 15 is 0 Å². The number of aromatic amines is 1. The molecule has 1 aromatic carbocycles. The summed E-state index contributed by atoms with van der Waals surface area (Å²) in [6.45, 7) is 0. The maximum Gasteiger partial charge on any atom is 0.289 e. The summed E-state index contributed by atoms with van der Waals surface area (Å²) in [5, 5.41) is 10.7. The highest BCUT2D eigenvalue weighted by atomic mass is 35.5. The van der Waals surface area contributed by atoms with Gasteiger partial charge in [-0.2, -0.15) is 10.2 Å². The topological polar surface area (TPSA) is 70.1 Å². The number of hydrazone groups is 1. The van der Waals surface area contributed by atoms with Gasteiger partial charge in [0.15, 0.2) is 0 Å². The summed E-state index contributed by atoms with van der Waals surface area (Å²) in [6, 6.07) is 8.66. The predicted octanol–water partition coefficient (Wildman–Crippen LogP) is 1.83. The Balaban J connectivity index is 1.94. The molecule has 1 aromatic heterocycles. The second-order valence-electron chi connectivity index (χ2n) is 3.22. The van der Waals surface area contributed by atoms with Crippen LogP contribution in [-0.4, -0.2) is 22.3 Å². The first-order valence-electron chi connectivity index (χ1n) is 4.84. The molecule has 0 aliphatic rings. The van der Waals surface area contributed by atoms with E-state index < -0.39 is 0 Å². The van der Waals surface area contributed by atoms with Crippen molar-refractivity contribution in [2.45, 2.75) is 0 Å². The third-order valence-electron chi connectivity index (χ3n) is 2.00. The number of nitrogens with zero attached hydrogens (tertiary/aromatic N) is 2. The van der Waals surface area contributed by atoms with Crippen molar-refractivity contribution in [2.24, 2.45) is 5.10 Å². The minimum absolute atomic E-state index is 0.340. The van der Waals surface area contributed by atoms with Gasteiger partial charge < -0.3 is 0 Å². The zero-order valence-electron chi connectivity index (χ0n) is 8.72. The van der Waals surface area contributed by atoms with Crippen LogP contribution in [-0.2, 0) is 0 Å². The predicted molar refractivity (Wildman–Crippen MR) is 65.1 cm³/mol. The monoisotopic (exact) mass is 248 g/mol. The van der Waals surface area contributed by atoms with Crippen molar-refractivity contribution in [1.29, 1.82) is 0 Å². The zero-order valence-corrected chi connectivity index (χ0v) is 9.48. The molecule has 86 valence electrons. The Hall–Kier alpha value is -2.14. The van der Waals surface area contributed by atoms with Gasteiger partial charge in [-0.3, -0.25) is 9.89 Å². The second kappa shape index (κ2) is 5.27. The number of nitrogens with one attached hydrogen (secondary N) is 2. The molecule has 0 aliphatic heterocycles. The van der Waals surface area contributed by atoms with Crippen molar-refractivity contribution in [3.63, 3.8) is 0 Å². The lowest BCUT2D eigenvalue weighted by Crippen LogP contribution is -2.17. The van der Waals surface area contributed by atoms with Crippen LogP contribution in [0.2, 0.25) is 5.02 Å². The highest BCUT2D eigenvalue weighted by Crippen LogP contribution is 2.07. The first-order chi connectivity index (χ1) is 8.25. The van der Waals surface area contributed by atoms with E-state index in [0.717, 1.165) is 5.56 Å². The Morgan fingerprint density at radius 3 is 2.76 bits per heavy atom. The van der Waals surface area contributed by atoms with Crippen LogP contribution in [0.4, 0.5) is 0 Å². The van der Waals surface area contributed by atoms with Gasteiger partial charge in [-0.1, -0.05) is 23.7 Å². The number of hydrogen-bond donors (Lipinski definition) is 2. The molecular weight excluding hydrogens is 240 g/mol. The number of carbonyl (C=O) groups excluding carboxylic acids is 1. The number of amides is 1. The van der Waals surface area contributed by atoms with E-state index in [1.54, 1.807) is 30.3 Å². The number of H-pyrrole nitrogens is 1. The number of carbonyl (C=O) groups is 1. The van der Waals surface area contributed by atoms with Crippen molar-refractivity contribution in [3.8, 4) is 0 Å². The van der Waals surface area contributed by atoms with Gasteiger partial charge in [-0.25, -0.2) is 5.43 Å². The number of aromatic nitrogens is 2. The van der Waals surface area contributed by atoms with Gasteiger partial charge >= 0.3 is 0 Å². The molecule has 1 heterocycles. The SMILES string of the molecule is O=C(N/N=C\c1ccc(Cl)cc1)c1ccn[nH]1. The molecule has 0 fully saturated rings. The molecule has 6 heteroatoms. The van der Waals surface area contributed by atoms with Crippen molar-refractivity contribution in [1.82, 2.24) is 15.6 Å². The van der Waals surface area contributed by atoms with E-state index in [1.807, 2.05) is 0 Å². The first kappa shape index (κ1) is 11.3. The van der Waals surface area contributed by atoms with Gasteiger partial charge in [0, 0.05) is 11.2 Å². The van der Waals surface area contributed by atoms with E-state index in [-0.39, 0.29) is 5.91 Å². The average Bonchev–Trinajstić information content (AvgIpc) is 2.85. The van der Waals surface area contributed by atoms with Crippen molar-refractivity contribution < 1.29 is 4.79 Å². The molecule has 2 N–H and O–H groups in total. The molecule has 2 rings (SSSR count). The van der Waals surface area contributed by atoms with Gasteiger partial charge in [-0.15, -0.1) is 0 Å². The number of halogens is 1.